The van der Waals surface area contributed by atoms with E-state index < -0.39 is 0 Å². The number of furan rings is 1. The van der Waals surface area contributed by atoms with E-state index in [-0.39, 0.29) is 11.9 Å². The Balaban J connectivity index is 1.86. The summed E-state index contributed by atoms with van der Waals surface area (Å²) in [6, 6.07) is 3.85. The lowest BCUT2D eigenvalue weighted by Crippen LogP contribution is -2.46. The first-order valence-corrected chi connectivity index (χ1v) is 7.88. The van der Waals surface area contributed by atoms with Crippen LogP contribution in [0.25, 0.3) is 0 Å². The van der Waals surface area contributed by atoms with E-state index >= 15 is 0 Å². The van der Waals surface area contributed by atoms with Crippen molar-refractivity contribution in [2.24, 2.45) is 10.9 Å². The summed E-state index contributed by atoms with van der Waals surface area (Å²) in [5.74, 6) is 1.79. The van der Waals surface area contributed by atoms with Gasteiger partial charge in [0.25, 0.3) is 0 Å². The van der Waals surface area contributed by atoms with Crippen molar-refractivity contribution >= 4 is 11.9 Å². The Morgan fingerprint density at radius 3 is 2.86 bits per heavy atom. The lowest BCUT2D eigenvalue weighted by atomic mass is 9.97. The molecule has 1 aromatic rings. The molecule has 1 fully saturated rings. The van der Waals surface area contributed by atoms with Crippen LogP contribution < -0.4 is 5.32 Å². The number of carbonyl (C=O) groups is 1. The number of esters is 1. The Labute approximate surface area is 131 Å². The Kier molecular flexibility index (Phi) is 6.30. The van der Waals surface area contributed by atoms with Crippen LogP contribution in [0.4, 0.5) is 0 Å². The number of piperidine rings is 1. The fraction of sp³-hybridized carbons (Fsp3) is 0.625. The van der Waals surface area contributed by atoms with Crippen LogP contribution >= 0.6 is 0 Å². The molecule has 122 valence electrons. The third-order valence-electron chi connectivity index (χ3n) is 3.86. The van der Waals surface area contributed by atoms with Gasteiger partial charge in [-0.15, -0.1) is 0 Å². The standard InChI is InChI=1S/C16H25N3O3/c1-3-17-16(18-9-6-14-5-4-12-22-14)19-10-7-13(8-11-19)15(20)21-2/h4-5,12-13H,3,6-11H2,1-2H3,(H,17,18). The summed E-state index contributed by atoms with van der Waals surface area (Å²) < 4.78 is 10.1. The molecule has 0 radical (unpaired) electrons. The molecular weight excluding hydrogens is 282 g/mol. The highest BCUT2D eigenvalue weighted by molar-refractivity contribution is 5.80. The molecule has 0 saturated carbocycles. The first-order valence-electron chi connectivity index (χ1n) is 7.88. The van der Waals surface area contributed by atoms with Gasteiger partial charge in [0.2, 0.25) is 0 Å². The van der Waals surface area contributed by atoms with Crippen molar-refractivity contribution < 1.29 is 13.9 Å². The summed E-state index contributed by atoms with van der Waals surface area (Å²) >= 11 is 0. The van der Waals surface area contributed by atoms with Crippen LogP contribution in [-0.4, -0.2) is 50.1 Å². The third-order valence-corrected chi connectivity index (χ3v) is 3.86. The topological polar surface area (TPSA) is 67.1 Å². The normalized spacial score (nSPS) is 16.6. The molecule has 6 nitrogen and oxygen atoms in total. The van der Waals surface area contributed by atoms with E-state index in [1.165, 1.54) is 7.11 Å². The Morgan fingerprint density at radius 1 is 1.50 bits per heavy atom. The highest BCUT2D eigenvalue weighted by atomic mass is 16.5. The fourth-order valence-corrected chi connectivity index (χ4v) is 2.65. The number of likely N-dealkylation sites (tertiary alicyclic amines) is 1. The number of methoxy groups -OCH3 is 1. The van der Waals surface area contributed by atoms with Crippen molar-refractivity contribution in [1.29, 1.82) is 0 Å². The third kappa shape index (κ3) is 4.51. The minimum atomic E-state index is -0.0978. The van der Waals surface area contributed by atoms with Crippen molar-refractivity contribution in [3.8, 4) is 0 Å². The van der Waals surface area contributed by atoms with Gasteiger partial charge in [-0.3, -0.25) is 9.79 Å². The molecule has 0 aromatic carbocycles. The molecule has 1 aromatic heterocycles. The van der Waals surface area contributed by atoms with Crippen LogP contribution in [0, 0.1) is 5.92 Å². The second-order valence-corrected chi connectivity index (χ2v) is 5.35. The maximum Gasteiger partial charge on any atom is 0.308 e. The van der Waals surface area contributed by atoms with E-state index in [1.54, 1.807) is 6.26 Å². The molecule has 0 unspecified atom stereocenters. The van der Waals surface area contributed by atoms with E-state index in [9.17, 15) is 4.79 Å². The fourth-order valence-electron chi connectivity index (χ4n) is 2.65. The molecule has 2 rings (SSSR count). The first-order chi connectivity index (χ1) is 10.7. The van der Waals surface area contributed by atoms with Gasteiger partial charge in [-0.05, 0) is 31.9 Å². The summed E-state index contributed by atoms with van der Waals surface area (Å²) in [6.07, 6.45) is 4.10. The summed E-state index contributed by atoms with van der Waals surface area (Å²) in [5, 5.41) is 3.32. The average Bonchev–Trinajstić information content (AvgIpc) is 3.07. The van der Waals surface area contributed by atoms with E-state index in [2.05, 4.69) is 22.1 Å². The zero-order valence-electron chi connectivity index (χ0n) is 13.4. The number of guanidine groups is 1. The van der Waals surface area contributed by atoms with Crippen LogP contribution in [-0.2, 0) is 16.0 Å². The number of hydrogen-bond acceptors (Lipinski definition) is 4. The van der Waals surface area contributed by atoms with Gasteiger partial charge in [-0.2, -0.15) is 0 Å². The van der Waals surface area contributed by atoms with Crippen LogP contribution in [0.1, 0.15) is 25.5 Å². The summed E-state index contributed by atoms with van der Waals surface area (Å²) in [4.78, 5) is 18.4. The zero-order chi connectivity index (χ0) is 15.8. The number of rotatable bonds is 5. The lowest BCUT2D eigenvalue weighted by molar-refractivity contribution is -0.146. The molecule has 0 spiro atoms. The van der Waals surface area contributed by atoms with E-state index in [0.717, 1.165) is 50.6 Å². The molecule has 0 amide bonds. The van der Waals surface area contributed by atoms with Gasteiger partial charge in [0.15, 0.2) is 5.96 Å². The van der Waals surface area contributed by atoms with Crippen molar-refractivity contribution in [2.45, 2.75) is 26.2 Å². The van der Waals surface area contributed by atoms with E-state index in [1.807, 2.05) is 12.1 Å². The number of nitrogens with zero attached hydrogens (tertiary/aromatic N) is 2. The van der Waals surface area contributed by atoms with Gasteiger partial charge >= 0.3 is 5.97 Å². The highest BCUT2D eigenvalue weighted by Gasteiger charge is 2.26. The zero-order valence-corrected chi connectivity index (χ0v) is 13.4. The number of aliphatic imine (C=N–C) groups is 1. The van der Waals surface area contributed by atoms with E-state index in [0.29, 0.717) is 6.54 Å². The minimum absolute atomic E-state index is 0.0206. The van der Waals surface area contributed by atoms with Gasteiger partial charge in [0.1, 0.15) is 5.76 Å². The number of ether oxygens (including phenoxy) is 1. The van der Waals surface area contributed by atoms with Crippen LogP contribution in [0.2, 0.25) is 0 Å². The molecule has 22 heavy (non-hydrogen) atoms. The van der Waals surface area contributed by atoms with Crippen molar-refractivity contribution in [3.05, 3.63) is 24.2 Å². The smallest absolute Gasteiger partial charge is 0.308 e. The summed E-state index contributed by atoms with van der Waals surface area (Å²) in [6.45, 7) is 5.23. The second kappa shape index (κ2) is 8.46. The molecular formula is C16H25N3O3. The average molecular weight is 307 g/mol. The molecule has 0 bridgehead atoms. The van der Waals surface area contributed by atoms with Gasteiger partial charge in [0.05, 0.1) is 19.3 Å². The van der Waals surface area contributed by atoms with Crippen LogP contribution in [0.15, 0.2) is 27.8 Å². The number of carbonyl (C=O) groups excluding carboxylic acids is 1. The Morgan fingerprint density at radius 2 is 2.27 bits per heavy atom. The molecule has 1 N–H and O–H groups in total. The molecule has 1 saturated heterocycles. The molecule has 1 aliphatic rings. The molecule has 0 atom stereocenters. The maximum atomic E-state index is 11.6. The predicted octanol–water partition coefficient (Wildman–Crippen LogP) is 1.67. The largest absolute Gasteiger partial charge is 0.469 e. The quantitative estimate of drug-likeness (QED) is 0.509. The summed E-state index contributed by atoms with van der Waals surface area (Å²) in [7, 11) is 1.45. The predicted molar refractivity (Wildman–Crippen MR) is 84.7 cm³/mol. The Hall–Kier alpha value is -1.98. The van der Waals surface area contributed by atoms with Crippen LogP contribution in [0.5, 0.6) is 0 Å². The highest BCUT2D eigenvalue weighted by Crippen LogP contribution is 2.18. The lowest BCUT2D eigenvalue weighted by Gasteiger charge is -2.33. The molecule has 6 heteroatoms. The monoisotopic (exact) mass is 307 g/mol. The number of hydrogen-bond donors (Lipinski definition) is 1. The van der Waals surface area contributed by atoms with Gasteiger partial charge in [-0.1, -0.05) is 0 Å². The van der Waals surface area contributed by atoms with Gasteiger partial charge in [0, 0.05) is 32.6 Å². The van der Waals surface area contributed by atoms with Gasteiger partial charge < -0.3 is 19.4 Å². The molecule has 2 heterocycles. The molecule has 0 aliphatic carbocycles. The second-order valence-electron chi connectivity index (χ2n) is 5.35. The minimum Gasteiger partial charge on any atom is -0.469 e. The number of nitrogens with one attached hydrogen (secondary N) is 1. The van der Waals surface area contributed by atoms with Crippen molar-refractivity contribution in [1.82, 2.24) is 10.2 Å². The Bertz CT molecular complexity index is 477. The first kappa shape index (κ1) is 16.4. The van der Waals surface area contributed by atoms with E-state index in [4.69, 9.17) is 9.15 Å². The maximum absolute atomic E-state index is 11.6. The van der Waals surface area contributed by atoms with Crippen molar-refractivity contribution in [2.75, 3.05) is 33.3 Å². The molecule has 1 aliphatic heterocycles. The van der Waals surface area contributed by atoms with Gasteiger partial charge in [-0.25, -0.2) is 0 Å². The summed E-state index contributed by atoms with van der Waals surface area (Å²) in [5.41, 5.74) is 0. The van der Waals surface area contributed by atoms with Crippen LogP contribution in [0.3, 0.4) is 0 Å². The SMILES string of the molecule is CCNC(=NCCc1ccco1)N1CCC(C(=O)OC)CC1. The van der Waals surface area contributed by atoms with Crippen molar-refractivity contribution in [3.63, 3.8) is 0 Å².